The molecule has 1 aromatic heterocycles. The first-order valence-corrected chi connectivity index (χ1v) is 7.40. The average molecular weight is 331 g/mol. The molecule has 0 amide bonds. The Morgan fingerprint density at radius 1 is 1.47 bits per heavy atom. The van der Waals surface area contributed by atoms with Gasteiger partial charge in [0.25, 0.3) is 0 Å². The highest BCUT2D eigenvalue weighted by molar-refractivity contribution is 9.10. The molecule has 1 heterocycles. The maximum absolute atomic E-state index is 9.48. The van der Waals surface area contributed by atoms with Gasteiger partial charge in [-0.2, -0.15) is 4.37 Å². The summed E-state index contributed by atoms with van der Waals surface area (Å²) < 4.78 is 6.03. The van der Waals surface area contributed by atoms with E-state index in [9.17, 15) is 5.11 Å². The molecule has 0 bridgehead atoms. The second kappa shape index (κ2) is 5.48. The van der Waals surface area contributed by atoms with Crippen LogP contribution in [0, 0.1) is 6.92 Å². The number of rotatable bonds is 3. The summed E-state index contributed by atoms with van der Waals surface area (Å²) in [6, 6.07) is 5.83. The summed E-state index contributed by atoms with van der Waals surface area (Å²) in [5.41, 5.74) is 0.898. The van der Waals surface area contributed by atoms with Crippen molar-refractivity contribution in [1.29, 1.82) is 0 Å². The van der Waals surface area contributed by atoms with E-state index in [1.54, 1.807) is 18.7 Å². The first kappa shape index (κ1) is 13.0. The van der Waals surface area contributed by atoms with E-state index in [0.29, 0.717) is 0 Å². The van der Waals surface area contributed by atoms with Gasteiger partial charge in [0, 0.05) is 9.37 Å². The van der Waals surface area contributed by atoms with Gasteiger partial charge in [0.05, 0.1) is 6.10 Å². The Labute approximate surface area is 117 Å². The number of aryl methyl sites for hydroxylation is 1. The minimum absolute atomic E-state index is 0.450. The zero-order chi connectivity index (χ0) is 12.4. The zero-order valence-electron chi connectivity index (χ0n) is 9.35. The van der Waals surface area contributed by atoms with Crippen LogP contribution in [0.3, 0.4) is 0 Å². The van der Waals surface area contributed by atoms with Crippen LogP contribution < -0.4 is 0 Å². The minimum atomic E-state index is -0.450. The fourth-order valence-electron chi connectivity index (χ4n) is 1.27. The molecule has 0 aliphatic heterocycles. The first-order valence-electron chi connectivity index (χ1n) is 5.02. The van der Waals surface area contributed by atoms with Crippen molar-refractivity contribution in [2.75, 3.05) is 0 Å². The quantitative estimate of drug-likeness (QED) is 0.929. The standard InChI is InChI=1S/C11H11BrN2OS2/c1-6(15)8-3-4-10(9(12)5-8)16-11-13-7(2)14-17-11/h3-6,15H,1-2H3. The lowest BCUT2D eigenvalue weighted by atomic mass is 10.1. The maximum Gasteiger partial charge on any atom is 0.174 e. The molecular formula is C11H11BrN2OS2. The van der Waals surface area contributed by atoms with Crippen molar-refractivity contribution in [3.05, 3.63) is 34.1 Å². The van der Waals surface area contributed by atoms with E-state index < -0.39 is 6.10 Å². The zero-order valence-corrected chi connectivity index (χ0v) is 12.6. The highest BCUT2D eigenvalue weighted by Crippen LogP contribution is 2.35. The van der Waals surface area contributed by atoms with Crippen molar-refractivity contribution >= 4 is 39.2 Å². The van der Waals surface area contributed by atoms with Gasteiger partial charge in [-0.15, -0.1) is 0 Å². The van der Waals surface area contributed by atoms with Gasteiger partial charge >= 0.3 is 0 Å². The number of benzene rings is 1. The predicted octanol–water partition coefficient (Wildman–Crippen LogP) is 3.81. The predicted molar refractivity (Wildman–Crippen MR) is 73.5 cm³/mol. The summed E-state index contributed by atoms with van der Waals surface area (Å²) in [6.07, 6.45) is -0.450. The molecule has 1 N–H and O–H groups in total. The molecule has 0 spiro atoms. The van der Waals surface area contributed by atoms with Crippen LogP contribution in [0.25, 0.3) is 0 Å². The molecule has 1 atom stereocenters. The summed E-state index contributed by atoms with van der Waals surface area (Å²) in [4.78, 5) is 5.38. The van der Waals surface area contributed by atoms with Crippen LogP contribution in [0.1, 0.15) is 24.4 Å². The smallest absolute Gasteiger partial charge is 0.174 e. The molecule has 90 valence electrons. The number of hydrogen-bond acceptors (Lipinski definition) is 5. The van der Waals surface area contributed by atoms with Crippen LogP contribution >= 0.6 is 39.2 Å². The highest BCUT2D eigenvalue weighted by Gasteiger charge is 2.09. The monoisotopic (exact) mass is 330 g/mol. The van der Waals surface area contributed by atoms with E-state index in [4.69, 9.17) is 0 Å². The fourth-order valence-corrected chi connectivity index (χ4v) is 3.53. The van der Waals surface area contributed by atoms with Crippen LogP contribution in [-0.4, -0.2) is 14.5 Å². The van der Waals surface area contributed by atoms with Crippen LogP contribution in [0.2, 0.25) is 0 Å². The third-order valence-corrected chi connectivity index (χ3v) is 4.98. The normalized spacial score (nSPS) is 12.7. The molecule has 17 heavy (non-hydrogen) atoms. The third-order valence-electron chi connectivity index (χ3n) is 2.14. The van der Waals surface area contributed by atoms with Gasteiger partial charge in [-0.05, 0) is 59.0 Å². The SMILES string of the molecule is Cc1nsc(Sc2ccc(C(C)O)cc2Br)n1. The summed E-state index contributed by atoms with van der Waals surface area (Å²) in [7, 11) is 0. The molecule has 6 heteroatoms. The Kier molecular flexibility index (Phi) is 4.19. The van der Waals surface area contributed by atoms with E-state index in [2.05, 4.69) is 25.3 Å². The lowest BCUT2D eigenvalue weighted by Gasteiger charge is -2.07. The largest absolute Gasteiger partial charge is 0.389 e. The van der Waals surface area contributed by atoms with Crippen LogP contribution in [0.4, 0.5) is 0 Å². The number of aliphatic hydroxyl groups excluding tert-OH is 1. The molecule has 1 aromatic carbocycles. The lowest BCUT2D eigenvalue weighted by Crippen LogP contribution is -1.90. The van der Waals surface area contributed by atoms with E-state index in [-0.39, 0.29) is 0 Å². The molecule has 0 aliphatic carbocycles. The number of halogens is 1. The van der Waals surface area contributed by atoms with Crippen molar-refractivity contribution in [2.45, 2.75) is 29.2 Å². The molecule has 0 saturated carbocycles. The Balaban J connectivity index is 2.22. The van der Waals surface area contributed by atoms with E-state index >= 15 is 0 Å². The van der Waals surface area contributed by atoms with Gasteiger partial charge in [-0.25, -0.2) is 4.98 Å². The van der Waals surface area contributed by atoms with Gasteiger partial charge < -0.3 is 5.11 Å². The van der Waals surface area contributed by atoms with Crippen LogP contribution in [0.5, 0.6) is 0 Å². The first-order chi connectivity index (χ1) is 8.06. The number of hydrogen-bond donors (Lipinski definition) is 1. The van der Waals surface area contributed by atoms with Gasteiger partial charge in [0.15, 0.2) is 4.34 Å². The van der Waals surface area contributed by atoms with Crippen molar-refractivity contribution in [1.82, 2.24) is 9.36 Å². The fraction of sp³-hybridized carbons (Fsp3) is 0.273. The number of aromatic nitrogens is 2. The van der Waals surface area contributed by atoms with Crippen molar-refractivity contribution in [3.63, 3.8) is 0 Å². The van der Waals surface area contributed by atoms with Gasteiger partial charge in [0.1, 0.15) is 5.82 Å². The lowest BCUT2D eigenvalue weighted by molar-refractivity contribution is 0.199. The van der Waals surface area contributed by atoms with Crippen LogP contribution in [-0.2, 0) is 0 Å². The maximum atomic E-state index is 9.48. The Hall–Kier alpha value is -0.430. The molecule has 0 radical (unpaired) electrons. The van der Waals surface area contributed by atoms with Crippen molar-refractivity contribution < 1.29 is 5.11 Å². The molecule has 0 aliphatic rings. The molecule has 3 nitrogen and oxygen atoms in total. The summed E-state index contributed by atoms with van der Waals surface area (Å²) in [6.45, 7) is 3.63. The molecule has 1 unspecified atom stereocenters. The number of aliphatic hydroxyl groups is 1. The van der Waals surface area contributed by atoms with E-state index in [1.807, 2.05) is 25.1 Å². The van der Waals surface area contributed by atoms with Crippen LogP contribution in [0.15, 0.2) is 31.9 Å². The molecule has 2 aromatic rings. The van der Waals surface area contributed by atoms with E-state index in [0.717, 1.165) is 25.1 Å². The van der Waals surface area contributed by atoms with Crippen molar-refractivity contribution in [3.8, 4) is 0 Å². The van der Waals surface area contributed by atoms with Crippen molar-refractivity contribution in [2.24, 2.45) is 0 Å². The molecule has 0 saturated heterocycles. The summed E-state index contributed by atoms with van der Waals surface area (Å²) >= 11 is 6.47. The molecule has 2 rings (SSSR count). The minimum Gasteiger partial charge on any atom is -0.389 e. The number of nitrogens with zero attached hydrogens (tertiary/aromatic N) is 2. The summed E-state index contributed by atoms with van der Waals surface area (Å²) in [5, 5.41) is 9.48. The van der Waals surface area contributed by atoms with Gasteiger partial charge in [0.2, 0.25) is 0 Å². The van der Waals surface area contributed by atoms with Gasteiger partial charge in [-0.1, -0.05) is 17.8 Å². The Bertz CT molecular complexity index is 528. The summed E-state index contributed by atoms with van der Waals surface area (Å²) in [5.74, 6) is 0.800. The Morgan fingerprint density at radius 3 is 2.76 bits per heavy atom. The molecule has 0 fully saturated rings. The average Bonchev–Trinajstić information content (AvgIpc) is 2.67. The third kappa shape index (κ3) is 3.28. The molecular weight excluding hydrogens is 320 g/mol. The van der Waals surface area contributed by atoms with Gasteiger partial charge in [-0.3, -0.25) is 0 Å². The Morgan fingerprint density at radius 2 is 2.24 bits per heavy atom. The second-order valence-electron chi connectivity index (χ2n) is 3.58. The second-order valence-corrected chi connectivity index (χ2v) is 6.47. The van der Waals surface area contributed by atoms with E-state index in [1.165, 1.54) is 11.5 Å². The highest BCUT2D eigenvalue weighted by atomic mass is 79.9. The topological polar surface area (TPSA) is 46.0 Å².